The fourth-order valence-corrected chi connectivity index (χ4v) is 5.20. The van der Waals surface area contributed by atoms with E-state index in [1.54, 1.807) is 17.0 Å². The number of hydrogen-bond donors (Lipinski definition) is 2. The maximum atomic E-state index is 13.1. The molecule has 0 aromatic heterocycles. The van der Waals surface area contributed by atoms with Crippen LogP contribution in [0.25, 0.3) is 11.3 Å². The number of nitrogens with zero attached hydrogens (tertiary/aromatic N) is 3. The Morgan fingerprint density at radius 3 is 2.53 bits per heavy atom. The molecule has 0 saturated carbocycles. The van der Waals surface area contributed by atoms with Gasteiger partial charge in [-0.3, -0.25) is 14.5 Å². The van der Waals surface area contributed by atoms with Gasteiger partial charge < -0.3 is 20.4 Å². The molecule has 2 aliphatic heterocycles. The molecule has 7 nitrogen and oxygen atoms in total. The number of fused-ring (bicyclic) bond motifs is 1. The van der Waals surface area contributed by atoms with E-state index in [9.17, 15) is 9.59 Å². The Kier molecular flexibility index (Phi) is 7.51. The summed E-state index contributed by atoms with van der Waals surface area (Å²) >= 11 is 6.16. The summed E-state index contributed by atoms with van der Waals surface area (Å²) in [5, 5.41) is 6.96. The lowest BCUT2D eigenvalue weighted by Gasteiger charge is -2.38. The van der Waals surface area contributed by atoms with Crippen LogP contribution < -0.4 is 15.5 Å². The molecule has 196 valence electrons. The lowest BCUT2D eigenvalue weighted by Crippen LogP contribution is -2.53. The van der Waals surface area contributed by atoms with Crippen LogP contribution in [0.4, 0.5) is 17.1 Å². The van der Waals surface area contributed by atoms with Crippen molar-refractivity contribution in [3.8, 4) is 0 Å². The van der Waals surface area contributed by atoms with Crippen molar-refractivity contribution < 1.29 is 9.59 Å². The molecule has 0 radical (unpaired) electrons. The maximum absolute atomic E-state index is 13.1. The number of halogens is 1. The van der Waals surface area contributed by atoms with Crippen molar-refractivity contribution in [2.75, 3.05) is 55.8 Å². The van der Waals surface area contributed by atoms with Crippen molar-refractivity contribution >= 4 is 51.7 Å². The van der Waals surface area contributed by atoms with Crippen LogP contribution in [-0.4, -0.2) is 67.9 Å². The summed E-state index contributed by atoms with van der Waals surface area (Å²) in [6, 6.07) is 23.2. The number of anilines is 3. The van der Waals surface area contributed by atoms with Crippen molar-refractivity contribution in [3.05, 3.63) is 88.9 Å². The molecule has 2 N–H and O–H groups in total. The number of amides is 2. The Balaban J connectivity index is 1.38. The van der Waals surface area contributed by atoms with Gasteiger partial charge in [0.25, 0.3) is 5.91 Å². The van der Waals surface area contributed by atoms with Crippen molar-refractivity contribution in [2.24, 2.45) is 0 Å². The Hall–Kier alpha value is -3.65. The monoisotopic (exact) mass is 529 g/mol. The molecular formula is C30H32ClN5O2. The topological polar surface area (TPSA) is 67.9 Å². The molecule has 1 atom stereocenters. The Morgan fingerprint density at radius 2 is 1.82 bits per heavy atom. The highest BCUT2D eigenvalue weighted by atomic mass is 35.5. The van der Waals surface area contributed by atoms with Gasteiger partial charge in [0.15, 0.2) is 0 Å². The lowest BCUT2D eigenvalue weighted by molar-refractivity contribution is -0.120. The van der Waals surface area contributed by atoms with Crippen LogP contribution in [-0.2, 0) is 9.59 Å². The molecule has 0 bridgehead atoms. The zero-order chi connectivity index (χ0) is 26.8. The minimum Gasteiger partial charge on any atom is -0.354 e. The van der Waals surface area contributed by atoms with Gasteiger partial charge in [-0.2, -0.15) is 0 Å². The molecule has 1 saturated heterocycles. The van der Waals surface area contributed by atoms with Gasteiger partial charge in [0.2, 0.25) is 5.91 Å². The van der Waals surface area contributed by atoms with Crippen LogP contribution >= 0.6 is 11.6 Å². The van der Waals surface area contributed by atoms with E-state index in [-0.39, 0.29) is 11.8 Å². The van der Waals surface area contributed by atoms with Crippen molar-refractivity contribution in [2.45, 2.75) is 13.0 Å². The minimum absolute atomic E-state index is 0.0621. The highest BCUT2D eigenvalue weighted by molar-refractivity contribution is 6.38. The van der Waals surface area contributed by atoms with Gasteiger partial charge in [-0.05, 0) is 55.9 Å². The number of piperazine rings is 1. The third-order valence-electron chi connectivity index (χ3n) is 7.24. The first-order valence-corrected chi connectivity index (χ1v) is 13.1. The van der Waals surface area contributed by atoms with E-state index < -0.39 is 0 Å². The third kappa shape index (κ3) is 5.45. The minimum atomic E-state index is -0.186. The van der Waals surface area contributed by atoms with Crippen LogP contribution in [0, 0.1) is 0 Å². The second-order valence-electron chi connectivity index (χ2n) is 9.97. The molecule has 1 unspecified atom stereocenters. The molecule has 2 amide bonds. The van der Waals surface area contributed by atoms with Gasteiger partial charge in [-0.1, -0.05) is 48.0 Å². The van der Waals surface area contributed by atoms with E-state index in [4.69, 9.17) is 11.6 Å². The maximum Gasteiger partial charge on any atom is 0.258 e. The van der Waals surface area contributed by atoms with Crippen molar-refractivity contribution in [1.29, 1.82) is 0 Å². The number of likely N-dealkylation sites (N-methyl/N-ethyl adjacent to an activating group) is 2. The first kappa shape index (κ1) is 26.0. The molecule has 0 spiro atoms. The number of benzene rings is 3. The van der Waals surface area contributed by atoms with Crippen molar-refractivity contribution in [1.82, 2.24) is 9.80 Å². The Morgan fingerprint density at radius 1 is 1.08 bits per heavy atom. The van der Waals surface area contributed by atoms with E-state index in [1.807, 2.05) is 67.7 Å². The summed E-state index contributed by atoms with van der Waals surface area (Å²) in [6.45, 7) is 5.39. The first-order chi connectivity index (χ1) is 18.3. The highest BCUT2D eigenvalue weighted by Gasteiger charge is 2.29. The van der Waals surface area contributed by atoms with Crippen LogP contribution in [0.5, 0.6) is 0 Å². The van der Waals surface area contributed by atoms with Gasteiger partial charge in [0, 0.05) is 54.7 Å². The predicted octanol–water partition coefficient (Wildman–Crippen LogP) is 4.87. The van der Waals surface area contributed by atoms with E-state index in [0.717, 1.165) is 42.1 Å². The molecule has 3 aromatic carbocycles. The van der Waals surface area contributed by atoms with Crippen LogP contribution in [0.3, 0.4) is 0 Å². The quantitative estimate of drug-likeness (QED) is 0.446. The Bertz CT molecular complexity index is 1370. The van der Waals surface area contributed by atoms with Gasteiger partial charge in [0.1, 0.15) is 0 Å². The summed E-state index contributed by atoms with van der Waals surface area (Å²) in [6.07, 6.45) is 0. The SMILES string of the molecule is CC1CN(C)CCN1CC(=O)N(C)c1ccc(NC(=C2C(=O)Nc3cc(Cl)ccc32)c2ccccc2)cc1. The zero-order valence-electron chi connectivity index (χ0n) is 21.9. The molecule has 2 aliphatic rings. The van der Waals surface area contributed by atoms with Gasteiger partial charge in [-0.25, -0.2) is 0 Å². The molecule has 2 heterocycles. The fraction of sp³-hybridized carbons (Fsp3) is 0.267. The second kappa shape index (κ2) is 11.0. The number of nitrogens with one attached hydrogen (secondary N) is 2. The third-order valence-corrected chi connectivity index (χ3v) is 7.48. The van der Waals surface area contributed by atoms with Crippen LogP contribution in [0.1, 0.15) is 18.1 Å². The van der Waals surface area contributed by atoms with Gasteiger partial charge in [0.05, 0.1) is 23.5 Å². The van der Waals surface area contributed by atoms with Crippen LogP contribution in [0.15, 0.2) is 72.8 Å². The molecule has 8 heteroatoms. The lowest BCUT2D eigenvalue weighted by atomic mass is 10.00. The van der Waals surface area contributed by atoms with E-state index in [0.29, 0.717) is 34.6 Å². The molecule has 0 aliphatic carbocycles. The zero-order valence-corrected chi connectivity index (χ0v) is 22.6. The smallest absolute Gasteiger partial charge is 0.258 e. The molecular weight excluding hydrogens is 498 g/mol. The number of rotatable bonds is 6. The standard InChI is InChI=1S/C30H32ClN5O2/c1-20-18-34(2)15-16-36(20)19-27(37)35(3)24-12-10-23(11-13-24)32-29(21-7-5-4-6-8-21)28-25-14-9-22(31)17-26(25)33-30(28)38/h4-14,17,20,32H,15-16,18-19H2,1-3H3,(H,33,38). The summed E-state index contributed by atoms with van der Waals surface area (Å²) < 4.78 is 0. The molecule has 5 rings (SSSR count). The van der Waals surface area contributed by atoms with Gasteiger partial charge in [-0.15, -0.1) is 0 Å². The molecule has 38 heavy (non-hydrogen) atoms. The largest absolute Gasteiger partial charge is 0.354 e. The highest BCUT2D eigenvalue weighted by Crippen LogP contribution is 2.38. The Labute approximate surface area is 228 Å². The number of carbonyl (C=O) groups excluding carboxylic acids is 2. The van der Waals surface area contributed by atoms with E-state index in [1.165, 1.54) is 0 Å². The van der Waals surface area contributed by atoms with E-state index in [2.05, 4.69) is 34.4 Å². The number of carbonyl (C=O) groups is 2. The average Bonchev–Trinajstić information content (AvgIpc) is 3.23. The predicted molar refractivity (Wildman–Crippen MR) is 155 cm³/mol. The van der Waals surface area contributed by atoms with Crippen molar-refractivity contribution in [3.63, 3.8) is 0 Å². The van der Waals surface area contributed by atoms with E-state index >= 15 is 0 Å². The number of hydrogen-bond acceptors (Lipinski definition) is 5. The molecule has 1 fully saturated rings. The van der Waals surface area contributed by atoms with Crippen LogP contribution in [0.2, 0.25) is 5.02 Å². The van der Waals surface area contributed by atoms with Gasteiger partial charge >= 0.3 is 0 Å². The summed E-state index contributed by atoms with van der Waals surface area (Å²) in [5.41, 5.74) is 5.26. The molecule has 3 aromatic rings. The normalized spacial score (nSPS) is 19.1. The summed E-state index contributed by atoms with van der Waals surface area (Å²) in [4.78, 5) is 32.3. The fourth-order valence-electron chi connectivity index (χ4n) is 5.03. The second-order valence-corrected chi connectivity index (χ2v) is 10.4. The first-order valence-electron chi connectivity index (χ1n) is 12.8. The summed E-state index contributed by atoms with van der Waals surface area (Å²) in [7, 11) is 3.93. The summed E-state index contributed by atoms with van der Waals surface area (Å²) in [5.74, 6) is -0.124. The average molecular weight is 530 g/mol.